The van der Waals surface area contributed by atoms with Crippen LogP contribution in [0.3, 0.4) is 0 Å². The van der Waals surface area contributed by atoms with Crippen LogP contribution in [0, 0.1) is 13.8 Å². The van der Waals surface area contributed by atoms with Crippen molar-refractivity contribution in [2.24, 2.45) is 0 Å². The molecule has 0 spiro atoms. The van der Waals surface area contributed by atoms with Crippen molar-refractivity contribution in [3.05, 3.63) is 33.8 Å². The molecule has 0 saturated heterocycles. The highest BCUT2D eigenvalue weighted by Crippen LogP contribution is 2.28. The topological polar surface area (TPSA) is 54.9 Å². The molecular weight excluding hydrogens is 314 g/mol. The van der Waals surface area contributed by atoms with Gasteiger partial charge in [-0.1, -0.05) is 40.8 Å². The lowest BCUT2D eigenvalue weighted by molar-refractivity contribution is -0.115. The second kappa shape index (κ2) is 6.56. The minimum absolute atomic E-state index is 0.0757. The molecule has 1 atom stereocenters. The van der Waals surface area contributed by atoms with Crippen molar-refractivity contribution in [3.63, 3.8) is 0 Å². The molecule has 0 bridgehead atoms. The van der Waals surface area contributed by atoms with Gasteiger partial charge in [-0.25, -0.2) is 0 Å². The number of aromatic nitrogens is 2. The van der Waals surface area contributed by atoms with Crippen molar-refractivity contribution in [3.8, 4) is 0 Å². The Morgan fingerprint density at radius 3 is 2.80 bits per heavy atom. The number of amides is 1. The number of halogens is 1. The summed E-state index contributed by atoms with van der Waals surface area (Å²) >= 11 is 8.92. The van der Waals surface area contributed by atoms with E-state index in [0.717, 1.165) is 20.6 Å². The zero-order chi connectivity index (χ0) is 14.7. The summed E-state index contributed by atoms with van der Waals surface area (Å²) in [5, 5.41) is 12.1. The first-order valence-electron chi connectivity index (χ1n) is 6.00. The van der Waals surface area contributed by atoms with Crippen LogP contribution in [0.1, 0.15) is 17.5 Å². The number of hydrogen-bond acceptors (Lipinski definition) is 5. The quantitative estimate of drug-likeness (QED) is 0.864. The normalized spacial score (nSPS) is 12.2. The highest BCUT2D eigenvalue weighted by Gasteiger charge is 2.17. The van der Waals surface area contributed by atoms with Crippen molar-refractivity contribution in [2.45, 2.75) is 30.4 Å². The first kappa shape index (κ1) is 15.3. The van der Waals surface area contributed by atoms with E-state index in [1.54, 1.807) is 6.07 Å². The number of aryl methyl sites for hydroxylation is 1. The molecule has 0 radical (unpaired) electrons. The number of thioether (sulfide) groups is 1. The summed E-state index contributed by atoms with van der Waals surface area (Å²) in [5.74, 6) is -0.0757. The van der Waals surface area contributed by atoms with Gasteiger partial charge in [0.1, 0.15) is 5.01 Å². The fourth-order valence-electron chi connectivity index (χ4n) is 1.51. The van der Waals surface area contributed by atoms with Crippen molar-refractivity contribution in [1.82, 2.24) is 10.2 Å². The lowest BCUT2D eigenvalue weighted by Crippen LogP contribution is -2.22. The maximum atomic E-state index is 12.2. The summed E-state index contributed by atoms with van der Waals surface area (Å²) in [6.07, 6.45) is 0. The largest absolute Gasteiger partial charge is 0.325 e. The predicted octanol–water partition coefficient (Wildman–Crippen LogP) is 3.93. The summed E-state index contributed by atoms with van der Waals surface area (Å²) in [5.41, 5.74) is 1.61. The Balaban J connectivity index is 2.02. The molecule has 2 rings (SSSR count). The zero-order valence-corrected chi connectivity index (χ0v) is 13.7. The number of carbonyl (C=O) groups is 1. The third kappa shape index (κ3) is 3.71. The molecule has 20 heavy (non-hydrogen) atoms. The van der Waals surface area contributed by atoms with E-state index in [2.05, 4.69) is 15.5 Å². The fraction of sp³-hybridized carbons (Fsp3) is 0.308. The zero-order valence-electron chi connectivity index (χ0n) is 11.3. The lowest BCUT2D eigenvalue weighted by Gasteiger charge is -2.12. The molecule has 0 aliphatic carbocycles. The molecule has 0 aliphatic rings. The Kier molecular flexibility index (Phi) is 5.01. The molecular formula is C13H14ClN3OS2. The number of hydrogen-bond donors (Lipinski definition) is 1. The molecule has 2 aromatic rings. The van der Waals surface area contributed by atoms with E-state index >= 15 is 0 Å². The first-order valence-corrected chi connectivity index (χ1v) is 8.07. The maximum Gasteiger partial charge on any atom is 0.237 e. The molecule has 106 valence electrons. The predicted molar refractivity (Wildman–Crippen MR) is 84.8 cm³/mol. The number of nitrogens with zero attached hydrogens (tertiary/aromatic N) is 2. The molecule has 1 aromatic heterocycles. The van der Waals surface area contributed by atoms with Crippen molar-refractivity contribution in [2.75, 3.05) is 5.32 Å². The number of benzene rings is 1. The van der Waals surface area contributed by atoms with E-state index in [-0.39, 0.29) is 11.2 Å². The van der Waals surface area contributed by atoms with Gasteiger partial charge in [0, 0.05) is 10.7 Å². The molecule has 0 saturated carbocycles. The Labute approximate surface area is 130 Å². The number of carbonyl (C=O) groups excluding carboxylic acids is 1. The van der Waals surface area contributed by atoms with Crippen LogP contribution >= 0.6 is 34.7 Å². The fourth-order valence-corrected chi connectivity index (χ4v) is 3.64. The Hall–Kier alpha value is -1.11. The standard InChI is InChI=1S/C13H14ClN3OS2/c1-7-10(14)5-4-6-11(7)15-12(18)8(2)19-13-17-16-9(3)20-13/h4-6,8H,1-3H3,(H,15,18). The smallest absolute Gasteiger partial charge is 0.237 e. The molecule has 4 nitrogen and oxygen atoms in total. The molecule has 1 aromatic carbocycles. The average molecular weight is 328 g/mol. The van der Waals surface area contributed by atoms with E-state index in [0.29, 0.717) is 5.02 Å². The Morgan fingerprint density at radius 1 is 1.40 bits per heavy atom. The van der Waals surface area contributed by atoms with Gasteiger partial charge in [-0.2, -0.15) is 0 Å². The van der Waals surface area contributed by atoms with Crippen LogP contribution in [0.25, 0.3) is 0 Å². The monoisotopic (exact) mass is 327 g/mol. The molecule has 1 unspecified atom stereocenters. The lowest BCUT2D eigenvalue weighted by atomic mass is 10.2. The summed E-state index contributed by atoms with van der Waals surface area (Å²) in [7, 11) is 0. The van der Waals surface area contributed by atoms with Crippen molar-refractivity contribution in [1.29, 1.82) is 0 Å². The van der Waals surface area contributed by atoms with Gasteiger partial charge in [0.05, 0.1) is 5.25 Å². The van der Waals surface area contributed by atoms with Gasteiger partial charge in [-0.15, -0.1) is 10.2 Å². The molecule has 1 amide bonds. The van der Waals surface area contributed by atoms with Gasteiger partial charge >= 0.3 is 0 Å². The second-order valence-electron chi connectivity index (χ2n) is 4.25. The number of nitrogens with one attached hydrogen (secondary N) is 1. The molecule has 1 heterocycles. The van der Waals surface area contributed by atoms with Crippen LogP contribution in [0.2, 0.25) is 5.02 Å². The van der Waals surface area contributed by atoms with Gasteiger partial charge in [-0.3, -0.25) is 4.79 Å². The van der Waals surface area contributed by atoms with Gasteiger partial charge in [-0.05, 0) is 38.5 Å². The minimum atomic E-state index is -0.249. The van der Waals surface area contributed by atoms with Crippen LogP contribution in [0.5, 0.6) is 0 Å². The average Bonchev–Trinajstić information content (AvgIpc) is 2.80. The van der Waals surface area contributed by atoms with Gasteiger partial charge in [0.25, 0.3) is 0 Å². The van der Waals surface area contributed by atoms with Crippen molar-refractivity contribution >= 4 is 46.3 Å². The van der Waals surface area contributed by atoms with E-state index in [1.165, 1.54) is 23.1 Å². The Morgan fingerprint density at radius 2 is 2.15 bits per heavy atom. The molecule has 1 N–H and O–H groups in total. The number of anilines is 1. The highest BCUT2D eigenvalue weighted by atomic mass is 35.5. The van der Waals surface area contributed by atoms with Crippen LogP contribution in [0.4, 0.5) is 5.69 Å². The summed E-state index contributed by atoms with van der Waals surface area (Å²) in [4.78, 5) is 12.2. The van der Waals surface area contributed by atoms with Gasteiger partial charge < -0.3 is 5.32 Å². The molecule has 0 aliphatic heterocycles. The van der Waals surface area contributed by atoms with Crippen LogP contribution in [0.15, 0.2) is 22.5 Å². The maximum absolute atomic E-state index is 12.2. The van der Waals surface area contributed by atoms with Gasteiger partial charge in [0.15, 0.2) is 4.34 Å². The summed E-state index contributed by atoms with van der Waals surface area (Å²) < 4.78 is 0.799. The Bertz CT molecular complexity index is 630. The summed E-state index contributed by atoms with van der Waals surface area (Å²) in [6, 6.07) is 5.46. The highest BCUT2D eigenvalue weighted by molar-refractivity contribution is 8.02. The van der Waals surface area contributed by atoms with E-state index in [1.807, 2.05) is 32.9 Å². The molecule has 0 fully saturated rings. The van der Waals surface area contributed by atoms with E-state index in [9.17, 15) is 4.79 Å². The summed E-state index contributed by atoms with van der Waals surface area (Å²) in [6.45, 7) is 5.61. The third-order valence-corrected chi connectivity index (χ3v) is 5.11. The number of rotatable bonds is 4. The van der Waals surface area contributed by atoms with Crippen molar-refractivity contribution < 1.29 is 4.79 Å². The minimum Gasteiger partial charge on any atom is -0.325 e. The SMILES string of the molecule is Cc1nnc(SC(C)C(=O)Nc2cccc(Cl)c2C)s1. The first-order chi connectivity index (χ1) is 9.47. The third-order valence-electron chi connectivity index (χ3n) is 2.68. The van der Waals surface area contributed by atoms with Gasteiger partial charge in [0.2, 0.25) is 5.91 Å². The van der Waals surface area contributed by atoms with Crippen LogP contribution in [-0.2, 0) is 4.79 Å². The van der Waals surface area contributed by atoms with Crippen LogP contribution < -0.4 is 5.32 Å². The van der Waals surface area contributed by atoms with E-state index in [4.69, 9.17) is 11.6 Å². The second-order valence-corrected chi connectivity index (χ2v) is 7.43. The van der Waals surface area contributed by atoms with Crippen LogP contribution in [-0.4, -0.2) is 21.4 Å². The molecule has 7 heteroatoms. The van der Waals surface area contributed by atoms with E-state index < -0.39 is 0 Å².